The second-order valence-corrected chi connectivity index (χ2v) is 11.0. The zero-order chi connectivity index (χ0) is 28.1. The Balaban J connectivity index is 1.36. The Bertz CT molecular complexity index is 1900. The minimum atomic E-state index is -0.400. The number of ether oxygens (including phenoxy) is 1. The Morgan fingerprint density at radius 1 is 1.00 bits per heavy atom. The van der Waals surface area contributed by atoms with Crippen molar-refractivity contribution in [3.63, 3.8) is 0 Å². The second-order valence-electron chi connectivity index (χ2n) is 11.0. The van der Waals surface area contributed by atoms with Crippen LogP contribution >= 0.6 is 0 Å². The fourth-order valence-electron chi connectivity index (χ4n) is 6.24. The number of piperidine rings is 1. The maximum Gasteiger partial charge on any atom is 0.273 e. The van der Waals surface area contributed by atoms with Crippen molar-refractivity contribution >= 4 is 49.5 Å². The molecular formula is C33H31N5O3. The maximum atomic E-state index is 11.4. The zero-order valence-electron chi connectivity index (χ0n) is 23.1. The summed E-state index contributed by atoms with van der Waals surface area (Å²) in [6.45, 7) is 4.32. The molecule has 1 aliphatic heterocycles. The van der Waals surface area contributed by atoms with Crippen molar-refractivity contribution in [2.24, 2.45) is 0 Å². The molecule has 1 aliphatic rings. The molecule has 1 N–H and O–H groups in total. The Hall–Kier alpha value is -4.69. The molecule has 6 aromatic rings. The van der Waals surface area contributed by atoms with E-state index >= 15 is 0 Å². The van der Waals surface area contributed by atoms with Crippen molar-refractivity contribution in [3.05, 3.63) is 94.9 Å². The van der Waals surface area contributed by atoms with Crippen LogP contribution in [0.4, 0.5) is 17.2 Å². The van der Waals surface area contributed by atoms with Crippen LogP contribution in [-0.4, -0.2) is 39.5 Å². The van der Waals surface area contributed by atoms with Crippen molar-refractivity contribution in [2.45, 2.75) is 32.2 Å². The highest BCUT2D eigenvalue weighted by Crippen LogP contribution is 2.45. The zero-order valence-corrected chi connectivity index (χ0v) is 23.1. The van der Waals surface area contributed by atoms with Crippen molar-refractivity contribution in [1.29, 1.82) is 0 Å². The number of nitrogens with one attached hydrogen (secondary N) is 1. The maximum absolute atomic E-state index is 11.4. The van der Waals surface area contributed by atoms with Crippen LogP contribution in [0.1, 0.15) is 31.4 Å². The van der Waals surface area contributed by atoms with Gasteiger partial charge in [0.25, 0.3) is 5.69 Å². The number of aromatic nitrogens is 2. The predicted molar refractivity (Wildman–Crippen MR) is 164 cm³/mol. The van der Waals surface area contributed by atoms with Crippen LogP contribution < -0.4 is 10.1 Å². The molecular weight excluding hydrogens is 514 g/mol. The highest BCUT2D eigenvalue weighted by molar-refractivity contribution is 6.27. The van der Waals surface area contributed by atoms with Crippen molar-refractivity contribution < 1.29 is 9.66 Å². The molecule has 0 bridgehead atoms. The van der Waals surface area contributed by atoms with Crippen LogP contribution in [0.2, 0.25) is 0 Å². The third kappa shape index (κ3) is 4.50. The lowest BCUT2D eigenvalue weighted by molar-refractivity contribution is -0.384. The van der Waals surface area contributed by atoms with Gasteiger partial charge >= 0.3 is 0 Å². The summed E-state index contributed by atoms with van der Waals surface area (Å²) in [7, 11) is 2.17. The van der Waals surface area contributed by atoms with Gasteiger partial charge in [0.05, 0.1) is 17.3 Å². The molecule has 1 saturated heterocycles. The van der Waals surface area contributed by atoms with Gasteiger partial charge in [0.1, 0.15) is 17.3 Å². The number of nitrogens with zero attached hydrogens (tertiary/aromatic N) is 4. The third-order valence-electron chi connectivity index (χ3n) is 8.43. The number of hydrogen-bond acceptors (Lipinski definition) is 6. The Morgan fingerprint density at radius 3 is 2.54 bits per heavy atom. The fraction of sp³-hybridized carbons (Fsp3) is 0.242. The standard InChI is InChI=1S/C33H31N5O3/c1-3-21-7-8-23-10-9-22-11-12-28(35-30-19-37(20-34-30)24-13-15-36(2)16-14-24)27-18-29(32(21)33(23)31(22)27)41-26-6-4-5-25(17-26)38(39)40/h4-12,17-20,24,35H,3,13-16H2,1-2H3. The molecule has 0 spiro atoms. The van der Waals surface area contributed by atoms with E-state index in [-0.39, 0.29) is 5.69 Å². The van der Waals surface area contributed by atoms with E-state index in [2.05, 4.69) is 77.4 Å². The topological polar surface area (TPSA) is 85.5 Å². The van der Waals surface area contributed by atoms with Gasteiger partial charge in [-0.25, -0.2) is 4.98 Å². The number of benzene rings is 5. The van der Waals surface area contributed by atoms with E-state index in [9.17, 15) is 10.1 Å². The SMILES string of the molecule is CCc1ccc2ccc3ccc(Nc4cn(C5CCN(C)CC5)cn4)c4cc(Oc5cccc([N+](=O)[O-])c5)c1c2c34. The lowest BCUT2D eigenvalue weighted by atomic mass is 9.90. The van der Waals surface area contributed by atoms with E-state index in [1.165, 1.54) is 23.1 Å². The summed E-state index contributed by atoms with van der Waals surface area (Å²) in [5.74, 6) is 1.91. The van der Waals surface area contributed by atoms with Crippen LogP contribution in [0.5, 0.6) is 11.5 Å². The molecule has 206 valence electrons. The molecule has 0 unspecified atom stereocenters. The average molecular weight is 546 g/mol. The molecule has 2 heterocycles. The number of likely N-dealkylation sites (tertiary alicyclic amines) is 1. The van der Waals surface area contributed by atoms with E-state index in [1.807, 2.05) is 6.33 Å². The monoisotopic (exact) mass is 545 g/mol. The fourth-order valence-corrected chi connectivity index (χ4v) is 6.24. The summed E-state index contributed by atoms with van der Waals surface area (Å²) >= 11 is 0. The van der Waals surface area contributed by atoms with E-state index in [1.54, 1.807) is 12.1 Å². The molecule has 0 aliphatic carbocycles. The first-order valence-electron chi connectivity index (χ1n) is 14.1. The number of imidazole rings is 1. The molecule has 0 saturated carbocycles. The van der Waals surface area contributed by atoms with E-state index in [0.29, 0.717) is 17.5 Å². The normalized spacial score (nSPS) is 14.8. The minimum absolute atomic E-state index is 0.00196. The van der Waals surface area contributed by atoms with Gasteiger partial charge in [0.15, 0.2) is 0 Å². The number of nitro groups is 1. The van der Waals surface area contributed by atoms with Gasteiger partial charge in [0.2, 0.25) is 0 Å². The van der Waals surface area contributed by atoms with Crippen molar-refractivity contribution in [3.8, 4) is 11.5 Å². The molecule has 7 rings (SSSR count). The Labute approximate surface area is 237 Å². The molecule has 8 heteroatoms. The highest BCUT2D eigenvalue weighted by atomic mass is 16.6. The minimum Gasteiger partial charge on any atom is -0.456 e. The number of aryl methyl sites for hydroxylation is 1. The molecule has 0 amide bonds. The lowest BCUT2D eigenvalue weighted by Crippen LogP contribution is -2.31. The highest BCUT2D eigenvalue weighted by Gasteiger charge is 2.21. The van der Waals surface area contributed by atoms with Crippen LogP contribution in [0.25, 0.3) is 32.3 Å². The molecule has 1 fully saturated rings. The number of rotatable bonds is 7. The predicted octanol–water partition coefficient (Wildman–Crippen LogP) is 8.05. The first-order chi connectivity index (χ1) is 20.0. The number of nitro benzene ring substituents is 1. The Kier molecular flexibility index (Phi) is 6.20. The van der Waals surface area contributed by atoms with Crippen LogP contribution in [0.3, 0.4) is 0 Å². The molecule has 5 aromatic carbocycles. The van der Waals surface area contributed by atoms with E-state index in [0.717, 1.165) is 70.8 Å². The van der Waals surface area contributed by atoms with Crippen molar-refractivity contribution in [2.75, 3.05) is 25.5 Å². The average Bonchev–Trinajstić information content (AvgIpc) is 3.46. The van der Waals surface area contributed by atoms with Crippen molar-refractivity contribution in [1.82, 2.24) is 14.5 Å². The van der Waals surface area contributed by atoms with E-state index < -0.39 is 4.92 Å². The molecule has 8 nitrogen and oxygen atoms in total. The molecule has 1 aromatic heterocycles. The summed E-state index contributed by atoms with van der Waals surface area (Å²) in [5, 5.41) is 21.7. The summed E-state index contributed by atoms with van der Waals surface area (Å²) in [5.41, 5.74) is 2.10. The molecule has 0 atom stereocenters. The van der Waals surface area contributed by atoms with E-state index in [4.69, 9.17) is 9.72 Å². The summed E-state index contributed by atoms with van der Waals surface area (Å²) in [6.07, 6.45) is 7.09. The summed E-state index contributed by atoms with van der Waals surface area (Å²) < 4.78 is 8.70. The second kappa shape index (κ2) is 10.1. The Morgan fingerprint density at radius 2 is 1.76 bits per heavy atom. The summed E-state index contributed by atoms with van der Waals surface area (Å²) in [6, 6.07) is 21.8. The van der Waals surface area contributed by atoms with Crippen LogP contribution in [0, 0.1) is 10.1 Å². The van der Waals surface area contributed by atoms with Gasteiger partial charge in [-0.05, 0) is 79.3 Å². The smallest absolute Gasteiger partial charge is 0.273 e. The van der Waals surface area contributed by atoms with Gasteiger partial charge in [-0.15, -0.1) is 0 Å². The molecule has 41 heavy (non-hydrogen) atoms. The first-order valence-corrected chi connectivity index (χ1v) is 14.1. The largest absolute Gasteiger partial charge is 0.456 e. The molecule has 0 radical (unpaired) electrons. The number of anilines is 2. The van der Waals surface area contributed by atoms with Gasteiger partial charge in [0, 0.05) is 40.2 Å². The van der Waals surface area contributed by atoms with Gasteiger partial charge in [-0.2, -0.15) is 0 Å². The van der Waals surface area contributed by atoms with Gasteiger partial charge in [-0.1, -0.05) is 43.3 Å². The quantitative estimate of drug-likeness (QED) is 0.124. The number of non-ortho nitro benzene ring substituents is 1. The third-order valence-corrected chi connectivity index (χ3v) is 8.43. The summed E-state index contributed by atoms with van der Waals surface area (Å²) in [4.78, 5) is 18.1. The van der Waals surface area contributed by atoms with Crippen LogP contribution in [-0.2, 0) is 6.42 Å². The van der Waals surface area contributed by atoms with Crippen LogP contribution in [0.15, 0.2) is 79.3 Å². The number of hydrogen-bond donors (Lipinski definition) is 1. The van der Waals surface area contributed by atoms with Gasteiger partial charge < -0.3 is 19.5 Å². The first kappa shape index (κ1) is 25.3. The van der Waals surface area contributed by atoms with Gasteiger partial charge in [-0.3, -0.25) is 10.1 Å². The lowest BCUT2D eigenvalue weighted by Gasteiger charge is -2.29.